The van der Waals surface area contributed by atoms with E-state index < -0.39 is 12.1 Å². The third kappa shape index (κ3) is 10.7. The Kier molecular flexibility index (Phi) is 17.8. The van der Waals surface area contributed by atoms with E-state index in [1.54, 1.807) is 0 Å². The minimum Gasteiger partial charge on any atom is -0.453 e. The first-order valence-corrected chi connectivity index (χ1v) is 19.7. The van der Waals surface area contributed by atoms with Crippen LogP contribution in [0, 0.1) is 35.0 Å². The lowest BCUT2D eigenvalue weighted by Crippen LogP contribution is -2.51. The third-order valence-electron chi connectivity index (χ3n) is 11.9. The number of fused-ring (bicyclic) bond motifs is 1. The maximum Gasteiger partial charge on any atom is 0.407 e. The zero-order valence-electron chi connectivity index (χ0n) is 35.3. The Balaban J connectivity index is 0.00000240. The Morgan fingerprint density at radius 3 is 2.20 bits per heavy atom. The highest BCUT2D eigenvalue weighted by molar-refractivity contribution is 7.59. The van der Waals surface area contributed by atoms with Gasteiger partial charge in [0.15, 0.2) is 0 Å². The van der Waals surface area contributed by atoms with Gasteiger partial charge in [-0.25, -0.2) is 14.8 Å². The summed E-state index contributed by atoms with van der Waals surface area (Å²) in [6.07, 6.45) is 4.39. The monoisotopic (exact) mass is 895 g/mol. The number of H-pyrrole nitrogens is 2. The summed E-state index contributed by atoms with van der Waals surface area (Å²) in [5.41, 5.74) is 6.17. The molecule has 3 amide bonds. The number of nitrogens with zero attached hydrogens (tertiary/aromatic N) is 4. The van der Waals surface area contributed by atoms with E-state index in [-0.39, 0.29) is 101 Å². The second kappa shape index (κ2) is 21.2. The quantitative estimate of drug-likeness (QED) is 0.124. The SMILES string of the molecule is C=C1C[C@@H](c2ncc(-c3ccc(C#Cc4ccc5nc([C@@H]6CC7(CCOCC7)CN6C(=O)[C@@H](NC(=O)OC)C(C)C)[nH]c5c4)cc3)[nH]2)N(C(=O)[C@@H](C)C(C)C)C1.S.S.S.S. The summed E-state index contributed by atoms with van der Waals surface area (Å²) in [4.78, 5) is 60.1. The molecule has 7 rings (SSSR count). The van der Waals surface area contributed by atoms with Crippen molar-refractivity contribution in [2.24, 2.45) is 23.2 Å². The van der Waals surface area contributed by atoms with Crippen molar-refractivity contribution in [3.8, 4) is 23.1 Å². The lowest BCUT2D eigenvalue weighted by molar-refractivity contribution is -0.137. The molecule has 60 heavy (non-hydrogen) atoms. The van der Waals surface area contributed by atoms with Crippen molar-refractivity contribution in [3.63, 3.8) is 0 Å². The topological polar surface area (TPSA) is 146 Å². The van der Waals surface area contributed by atoms with Crippen molar-refractivity contribution in [2.75, 3.05) is 33.4 Å². The molecular weight excluding hydrogens is 835 g/mol. The molecule has 0 saturated carbocycles. The molecule has 3 fully saturated rings. The van der Waals surface area contributed by atoms with E-state index in [9.17, 15) is 14.4 Å². The Hall–Kier alpha value is -4.01. The summed E-state index contributed by atoms with van der Waals surface area (Å²) >= 11 is 0. The van der Waals surface area contributed by atoms with Crippen molar-refractivity contribution < 1.29 is 23.9 Å². The highest BCUT2D eigenvalue weighted by Crippen LogP contribution is 2.49. The molecule has 0 radical (unpaired) electrons. The largest absolute Gasteiger partial charge is 0.453 e. The molecular formula is C44H61N7O5S4. The minimum absolute atomic E-state index is 0. The number of carbonyl (C=O) groups is 3. The van der Waals surface area contributed by atoms with Gasteiger partial charge in [0.05, 0.1) is 42.1 Å². The van der Waals surface area contributed by atoms with E-state index in [4.69, 9.17) is 14.5 Å². The molecule has 16 heteroatoms. The van der Waals surface area contributed by atoms with Crippen LogP contribution in [0.15, 0.2) is 60.8 Å². The number of methoxy groups -OCH3 is 1. The fourth-order valence-electron chi connectivity index (χ4n) is 8.19. The van der Waals surface area contributed by atoms with Gasteiger partial charge in [0.25, 0.3) is 0 Å². The molecule has 1 spiro atoms. The molecule has 2 aromatic heterocycles. The average molecular weight is 896 g/mol. The number of imidazole rings is 2. The van der Waals surface area contributed by atoms with Crippen molar-refractivity contribution in [1.29, 1.82) is 0 Å². The fourth-order valence-corrected chi connectivity index (χ4v) is 8.19. The number of aromatic amines is 2. The summed E-state index contributed by atoms with van der Waals surface area (Å²) in [7, 11) is 1.30. The lowest BCUT2D eigenvalue weighted by atomic mass is 9.78. The van der Waals surface area contributed by atoms with Gasteiger partial charge in [-0.05, 0) is 78.8 Å². The van der Waals surface area contributed by atoms with Gasteiger partial charge in [0, 0.05) is 43.3 Å². The molecule has 4 aromatic rings. The molecule has 5 heterocycles. The van der Waals surface area contributed by atoms with Gasteiger partial charge in [-0.3, -0.25) is 9.59 Å². The van der Waals surface area contributed by atoms with Crippen molar-refractivity contribution in [3.05, 3.63) is 83.6 Å². The molecule has 3 saturated heterocycles. The van der Waals surface area contributed by atoms with E-state index in [0.717, 1.165) is 69.9 Å². The zero-order chi connectivity index (χ0) is 39.7. The number of likely N-dealkylation sites (tertiary alicyclic amines) is 2. The average Bonchev–Trinajstić information content (AvgIpc) is 4.00. The van der Waals surface area contributed by atoms with Gasteiger partial charge < -0.3 is 34.6 Å². The highest BCUT2D eigenvalue weighted by atomic mass is 32.1. The van der Waals surface area contributed by atoms with Crippen LogP contribution >= 0.6 is 54.0 Å². The van der Waals surface area contributed by atoms with E-state index >= 15 is 0 Å². The molecule has 0 bridgehead atoms. The highest BCUT2D eigenvalue weighted by Gasteiger charge is 2.49. The van der Waals surface area contributed by atoms with Crippen molar-refractivity contribution in [1.82, 2.24) is 35.1 Å². The van der Waals surface area contributed by atoms with Gasteiger partial charge in [0.1, 0.15) is 17.7 Å². The predicted molar refractivity (Wildman–Crippen MR) is 256 cm³/mol. The molecule has 326 valence electrons. The first kappa shape index (κ1) is 50.3. The van der Waals surface area contributed by atoms with Gasteiger partial charge in [0.2, 0.25) is 11.8 Å². The maximum atomic E-state index is 14.1. The van der Waals surface area contributed by atoms with Crippen molar-refractivity contribution in [2.45, 2.75) is 78.4 Å². The number of carbonyl (C=O) groups excluding carboxylic acids is 3. The van der Waals surface area contributed by atoms with E-state index in [2.05, 4.69) is 52.5 Å². The van der Waals surface area contributed by atoms with Crippen LogP contribution in [-0.2, 0) is 19.1 Å². The number of nitrogens with one attached hydrogen (secondary N) is 3. The second-order valence-electron chi connectivity index (χ2n) is 16.5. The minimum atomic E-state index is -0.726. The number of benzene rings is 2. The summed E-state index contributed by atoms with van der Waals surface area (Å²) in [5, 5.41) is 2.76. The zero-order valence-corrected chi connectivity index (χ0v) is 39.3. The van der Waals surface area contributed by atoms with E-state index in [0.29, 0.717) is 32.7 Å². The first-order chi connectivity index (χ1) is 26.8. The Morgan fingerprint density at radius 2 is 1.55 bits per heavy atom. The fraction of sp³-hybridized carbons (Fsp3) is 0.477. The normalized spacial score (nSPS) is 19.0. The molecule has 12 nitrogen and oxygen atoms in total. The molecule has 4 atom stereocenters. The summed E-state index contributed by atoms with van der Waals surface area (Å²) in [6, 6.07) is 12.8. The number of hydrogen-bond donors (Lipinski definition) is 3. The Bertz CT molecular complexity index is 2190. The van der Waals surface area contributed by atoms with Crippen LogP contribution in [0.5, 0.6) is 0 Å². The van der Waals surface area contributed by atoms with E-state index in [1.807, 2.05) is 79.2 Å². The molecule has 0 aliphatic carbocycles. The van der Waals surface area contributed by atoms with Crippen LogP contribution < -0.4 is 5.32 Å². The Morgan fingerprint density at radius 1 is 0.883 bits per heavy atom. The smallest absolute Gasteiger partial charge is 0.407 e. The van der Waals surface area contributed by atoms with E-state index in [1.165, 1.54) is 7.11 Å². The third-order valence-corrected chi connectivity index (χ3v) is 11.9. The van der Waals surface area contributed by atoms with Crippen LogP contribution in [0.25, 0.3) is 22.3 Å². The number of ether oxygens (including phenoxy) is 2. The summed E-state index contributed by atoms with van der Waals surface area (Å²) < 4.78 is 10.5. The lowest BCUT2D eigenvalue weighted by Gasteiger charge is -2.34. The molecule has 3 aliphatic rings. The first-order valence-electron chi connectivity index (χ1n) is 19.7. The molecule has 0 unspecified atom stereocenters. The van der Waals surface area contributed by atoms with Crippen molar-refractivity contribution >= 4 is 82.9 Å². The maximum absolute atomic E-state index is 14.1. The number of aromatic nitrogens is 4. The second-order valence-corrected chi connectivity index (χ2v) is 16.5. The number of amides is 3. The number of hydrogen-bond acceptors (Lipinski definition) is 7. The van der Waals surface area contributed by atoms with Crippen LogP contribution in [-0.4, -0.2) is 87.1 Å². The molecule has 3 aliphatic heterocycles. The standard InChI is InChI=1S/C44H53N7O5.4H2S/c1-26(2)29(6)41(52)50-24-28(5)20-36(50)39-45-23-35(48-39)32-13-10-30(11-14-32)8-9-31-12-15-33-34(21-31)47-40(46-33)37-22-44(16-18-56-19-17-44)25-51(37)42(53)38(27(3)4)49-43(54)55-7;;;;/h10-15,21,23,26-27,29,36-38H,5,16-20,22,24-25H2,1-4,6-7H3,(H,45,48)(H,46,47)(H,49,54);4*1H2/t29-,36-,37-,38-;;;;/m0..../s1. The Labute approximate surface area is 381 Å². The molecule has 2 aromatic carbocycles. The van der Waals surface area contributed by atoms with Gasteiger partial charge in [-0.2, -0.15) is 54.0 Å². The predicted octanol–water partition coefficient (Wildman–Crippen LogP) is 7.38. The summed E-state index contributed by atoms with van der Waals surface area (Å²) in [6.45, 7) is 16.6. The number of rotatable bonds is 8. The van der Waals surface area contributed by atoms with Crippen LogP contribution in [0.3, 0.4) is 0 Å². The van der Waals surface area contributed by atoms with Crippen LogP contribution in [0.2, 0.25) is 0 Å². The van der Waals surface area contributed by atoms with Gasteiger partial charge >= 0.3 is 6.09 Å². The van der Waals surface area contributed by atoms with Gasteiger partial charge in [-0.15, -0.1) is 0 Å². The van der Waals surface area contributed by atoms with Crippen LogP contribution in [0.1, 0.15) is 95.2 Å². The summed E-state index contributed by atoms with van der Waals surface area (Å²) in [5.74, 6) is 8.14. The van der Waals surface area contributed by atoms with Crippen LogP contribution in [0.4, 0.5) is 4.79 Å². The van der Waals surface area contributed by atoms with Gasteiger partial charge in [-0.1, -0.05) is 70.7 Å². The number of alkyl carbamates (subject to hydrolysis) is 1. The molecule has 3 N–H and O–H groups in total.